The van der Waals surface area contributed by atoms with Crippen LogP contribution in [0, 0.1) is 11.8 Å². The van der Waals surface area contributed by atoms with Crippen molar-refractivity contribution >= 4 is 0 Å². The van der Waals surface area contributed by atoms with E-state index in [-0.39, 0.29) is 0 Å². The van der Waals surface area contributed by atoms with Crippen LogP contribution in [0.5, 0.6) is 0 Å². The molecule has 0 nitrogen and oxygen atoms in total. The molecule has 2 rings (SSSR count). The molecule has 0 radical (unpaired) electrons. The zero-order valence-corrected chi connectivity index (χ0v) is 7.71. The van der Waals surface area contributed by atoms with Crippen molar-refractivity contribution < 1.29 is 0 Å². The first-order chi connectivity index (χ1) is 5.97. The van der Waals surface area contributed by atoms with E-state index >= 15 is 0 Å². The summed E-state index contributed by atoms with van der Waals surface area (Å²) in [5.74, 6) is 1.87. The van der Waals surface area contributed by atoms with Gasteiger partial charge >= 0.3 is 0 Å². The molecular formula is C12H18. The maximum absolute atomic E-state index is 2.47. The Bertz CT molecular complexity index is 188. The van der Waals surface area contributed by atoms with E-state index < -0.39 is 0 Å². The van der Waals surface area contributed by atoms with Gasteiger partial charge in [-0.3, -0.25) is 0 Å². The molecule has 2 aliphatic carbocycles. The van der Waals surface area contributed by atoms with Gasteiger partial charge in [-0.2, -0.15) is 0 Å². The summed E-state index contributed by atoms with van der Waals surface area (Å²) in [5, 5.41) is 0. The summed E-state index contributed by atoms with van der Waals surface area (Å²) in [4.78, 5) is 0. The second kappa shape index (κ2) is 3.93. The van der Waals surface area contributed by atoms with Gasteiger partial charge in [-0.05, 0) is 50.4 Å². The highest BCUT2D eigenvalue weighted by molar-refractivity contribution is 5.00. The molecule has 12 heavy (non-hydrogen) atoms. The second-order valence-corrected chi connectivity index (χ2v) is 4.07. The number of hydrogen-bond donors (Lipinski definition) is 0. The lowest BCUT2D eigenvalue weighted by Crippen LogP contribution is -2.15. The minimum Gasteiger partial charge on any atom is -0.0885 e. The van der Waals surface area contributed by atoms with Gasteiger partial charge in [0.25, 0.3) is 0 Å². The van der Waals surface area contributed by atoms with Crippen LogP contribution < -0.4 is 0 Å². The van der Waals surface area contributed by atoms with E-state index in [9.17, 15) is 0 Å². The molecule has 0 bridgehead atoms. The molecule has 0 saturated heterocycles. The van der Waals surface area contributed by atoms with Crippen LogP contribution >= 0.6 is 0 Å². The summed E-state index contributed by atoms with van der Waals surface area (Å²) in [7, 11) is 0. The van der Waals surface area contributed by atoms with Crippen molar-refractivity contribution in [1.29, 1.82) is 0 Å². The minimum atomic E-state index is 0.906. The summed E-state index contributed by atoms with van der Waals surface area (Å²) in [6, 6.07) is 0. The number of hydrogen-bond acceptors (Lipinski definition) is 0. The fourth-order valence-electron chi connectivity index (χ4n) is 2.44. The third-order valence-corrected chi connectivity index (χ3v) is 3.21. The van der Waals surface area contributed by atoms with Crippen LogP contribution in [0.1, 0.15) is 38.5 Å². The maximum Gasteiger partial charge on any atom is -0.0202 e. The lowest BCUT2D eigenvalue weighted by Gasteiger charge is -2.27. The average Bonchev–Trinajstić information content (AvgIpc) is 2.21. The molecule has 2 atom stereocenters. The Labute approximate surface area is 75.4 Å². The van der Waals surface area contributed by atoms with Gasteiger partial charge in [0.1, 0.15) is 0 Å². The molecule has 0 aromatic rings. The molecule has 0 aromatic heterocycles. The maximum atomic E-state index is 2.47. The standard InChI is InChI=1S/C12H18/c1-3-7-11(8-4-1)12-9-5-2-6-10-12/h1,3,5,9,11-12H,2,4,6-8,10H2/t11?,12-/m1/s1. The highest BCUT2D eigenvalue weighted by Gasteiger charge is 2.20. The number of rotatable bonds is 1. The molecule has 0 spiro atoms. The molecule has 0 heterocycles. The Morgan fingerprint density at radius 3 is 2.58 bits per heavy atom. The molecule has 0 amide bonds. The lowest BCUT2D eigenvalue weighted by molar-refractivity contribution is 0.333. The van der Waals surface area contributed by atoms with Crippen molar-refractivity contribution in [2.45, 2.75) is 38.5 Å². The topological polar surface area (TPSA) is 0 Å². The van der Waals surface area contributed by atoms with Gasteiger partial charge in [-0.15, -0.1) is 0 Å². The van der Waals surface area contributed by atoms with E-state index in [2.05, 4.69) is 24.3 Å². The molecule has 66 valence electrons. The van der Waals surface area contributed by atoms with Gasteiger partial charge < -0.3 is 0 Å². The van der Waals surface area contributed by atoms with Crippen molar-refractivity contribution in [3.05, 3.63) is 24.3 Å². The van der Waals surface area contributed by atoms with E-state index in [4.69, 9.17) is 0 Å². The fourth-order valence-corrected chi connectivity index (χ4v) is 2.44. The molecule has 0 saturated carbocycles. The highest BCUT2D eigenvalue weighted by atomic mass is 14.2. The van der Waals surface area contributed by atoms with E-state index in [1.165, 1.54) is 38.5 Å². The first kappa shape index (κ1) is 8.10. The van der Waals surface area contributed by atoms with Gasteiger partial charge in [0.15, 0.2) is 0 Å². The Hall–Kier alpha value is -0.520. The van der Waals surface area contributed by atoms with Crippen LogP contribution in [-0.4, -0.2) is 0 Å². The van der Waals surface area contributed by atoms with Crippen LogP contribution in [0.3, 0.4) is 0 Å². The third kappa shape index (κ3) is 1.80. The van der Waals surface area contributed by atoms with Crippen LogP contribution in [0.4, 0.5) is 0 Å². The predicted octanol–water partition coefficient (Wildman–Crippen LogP) is 3.70. The van der Waals surface area contributed by atoms with Gasteiger partial charge in [-0.1, -0.05) is 24.3 Å². The fraction of sp³-hybridized carbons (Fsp3) is 0.667. The molecule has 0 aromatic carbocycles. The summed E-state index contributed by atoms with van der Waals surface area (Å²) in [5.41, 5.74) is 0. The lowest BCUT2D eigenvalue weighted by atomic mass is 9.78. The third-order valence-electron chi connectivity index (χ3n) is 3.21. The van der Waals surface area contributed by atoms with Crippen molar-refractivity contribution in [1.82, 2.24) is 0 Å². The smallest absolute Gasteiger partial charge is 0.0202 e. The monoisotopic (exact) mass is 162 g/mol. The normalized spacial score (nSPS) is 35.3. The van der Waals surface area contributed by atoms with Crippen molar-refractivity contribution in [2.24, 2.45) is 11.8 Å². The number of allylic oxidation sites excluding steroid dienone is 4. The second-order valence-electron chi connectivity index (χ2n) is 4.07. The zero-order valence-electron chi connectivity index (χ0n) is 7.71. The van der Waals surface area contributed by atoms with Crippen molar-refractivity contribution in [2.75, 3.05) is 0 Å². The van der Waals surface area contributed by atoms with Crippen molar-refractivity contribution in [3.63, 3.8) is 0 Å². The van der Waals surface area contributed by atoms with E-state index in [0.717, 1.165) is 11.8 Å². The van der Waals surface area contributed by atoms with Gasteiger partial charge in [0, 0.05) is 0 Å². The molecule has 0 heteroatoms. The Balaban J connectivity index is 1.94. The summed E-state index contributed by atoms with van der Waals surface area (Å²) >= 11 is 0. The van der Waals surface area contributed by atoms with E-state index in [1.807, 2.05) is 0 Å². The van der Waals surface area contributed by atoms with Crippen molar-refractivity contribution in [3.8, 4) is 0 Å². The zero-order chi connectivity index (χ0) is 8.23. The van der Waals surface area contributed by atoms with Gasteiger partial charge in [-0.25, -0.2) is 0 Å². The van der Waals surface area contributed by atoms with Crippen LogP contribution in [0.25, 0.3) is 0 Å². The van der Waals surface area contributed by atoms with Crippen LogP contribution in [-0.2, 0) is 0 Å². The highest BCUT2D eigenvalue weighted by Crippen LogP contribution is 2.32. The SMILES string of the molecule is C1=C[C@@H](C2CC=CCC2)CCC1. The Kier molecular flexibility index (Phi) is 2.65. The van der Waals surface area contributed by atoms with Crippen LogP contribution in [0.2, 0.25) is 0 Å². The van der Waals surface area contributed by atoms with E-state index in [1.54, 1.807) is 0 Å². The molecular weight excluding hydrogens is 144 g/mol. The first-order valence-electron chi connectivity index (χ1n) is 5.28. The quantitative estimate of drug-likeness (QED) is 0.516. The average molecular weight is 162 g/mol. The molecule has 0 aliphatic heterocycles. The summed E-state index contributed by atoms with van der Waals surface area (Å²) in [6.45, 7) is 0. The van der Waals surface area contributed by atoms with E-state index in [0.29, 0.717) is 0 Å². The Morgan fingerprint density at radius 2 is 1.92 bits per heavy atom. The predicted molar refractivity (Wildman–Crippen MR) is 53.0 cm³/mol. The first-order valence-corrected chi connectivity index (χ1v) is 5.28. The molecule has 1 unspecified atom stereocenters. The minimum absolute atomic E-state index is 0.906. The molecule has 0 fully saturated rings. The summed E-state index contributed by atoms with van der Waals surface area (Å²) < 4.78 is 0. The molecule has 2 aliphatic rings. The summed E-state index contributed by atoms with van der Waals surface area (Å²) in [6.07, 6.45) is 17.8. The van der Waals surface area contributed by atoms with Gasteiger partial charge in [0.2, 0.25) is 0 Å². The Morgan fingerprint density at radius 1 is 0.917 bits per heavy atom. The van der Waals surface area contributed by atoms with Gasteiger partial charge in [0.05, 0.1) is 0 Å². The van der Waals surface area contributed by atoms with Crippen LogP contribution in [0.15, 0.2) is 24.3 Å². The molecule has 0 N–H and O–H groups in total. The largest absolute Gasteiger partial charge is 0.0885 e.